The normalized spacial score (nSPS) is 15.4. The SMILES string of the molecule is C=CCNC(=O)c1cnc(Nc2ccc3c(c2)CC(=O)NC32CC2)nc1Nc1ccnc(C(C)(C)C)c1. The van der Waals surface area contributed by atoms with Crippen LogP contribution in [-0.4, -0.2) is 33.3 Å². The molecular formula is C28H31N7O2. The number of nitrogens with one attached hydrogen (secondary N) is 4. The first-order valence-electron chi connectivity index (χ1n) is 12.4. The van der Waals surface area contributed by atoms with Crippen LogP contribution < -0.4 is 21.3 Å². The summed E-state index contributed by atoms with van der Waals surface area (Å²) in [6, 6.07) is 9.79. The molecule has 1 fully saturated rings. The summed E-state index contributed by atoms with van der Waals surface area (Å²) < 4.78 is 0. The van der Waals surface area contributed by atoms with E-state index in [9.17, 15) is 9.59 Å². The van der Waals surface area contributed by atoms with E-state index in [1.54, 1.807) is 12.3 Å². The molecule has 1 aliphatic carbocycles. The van der Waals surface area contributed by atoms with Crippen molar-refractivity contribution in [1.82, 2.24) is 25.6 Å². The molecule has 0 unspecified atom stereocenters. The van der Waals surface area contributed by atoms with Gasteiger partial charge < -0.3 is 21.3 Å². The van der Waals surface area contributed by atoms with E-state index in [1.165, 1.54) is 11.8 Å². The zero-order valence-corrected chi connectivity index (χ0v) is 21.3. The van der Waals surface area contributed by atoms with Crippen LogP contribution in [0.25, 0.3) is 0 Å². The van der Waals surface area contributed by atoms with Crippen molar-refractivity contribution in [3.05, 3.63) is 77.8 Å². The van der Waals surface area contributed by atoms with Crippen LogP contribution in [0.4, 0.5) is 23.1 Å². The lowest BCUT2D eigenvalue weighted by Gasteiger charge is -2.27. The lowest BCUT2D eigenvalue weighted by molar-refractivity contribution is -0.122. The van der Waals surface area contributed by atoms with Gasteiger partial charge in [0.2, 0.25) is 11.9 Å². The van der Waals surface area contributed by atoms with Gasteiger partial charge in [0.25, 0.3) is 5.91 Å². The third kappa shape index (κ3) is 5.16. The lowest BCUT2D eigenvalue weighted by atomic mass is 9.91. The Morgan fingerprint density at radius 3 is 2.65 bits per heavy atom. The fraction of sp³-hybridized carbons (Fsp3) is 0.321. The molecule has 1 aliphatic heterocycles. The second-order valence-electron chi connectivity index (χ2n) is 10.6. The number of nitrogens with zero attached hydrogens (tertiary/aromatic N) is 3. The van der Waals surface area contributed by atoms with E-state index >= 15 is 0 Å². The number of amides is 2. The van der Waals surface area contributed by atoms with Crippen molar-refractivity contribution in [2.45, 2.75) is 51.0 Å². The molecular weight excluding hydrogens is 466 g/mol. The lowest BCUT2D eigenvalue weighted by Crippen LogP contribution is -2.41. The predicted molar refractivity (Wildman–Crippen MR) is 143 cm³/mol. The minimum absolute atomic E-state index is 0.0479. The van der Waals surface area contributed by atoms with Crippen LogP contribution in [-0.2, 0) is 22.2 Å². The maximum Gasteiger partial charge on any atom is 0.256 e. The van der Waals surface area contributed by atoms with Gasteiger partial charge in [-0.15, -0.1) is 6.58 Å². The maximum atomic E-state index is 12.8. The number of aromatic nitrogens is 3. The van der Waals surface area contributed by atoms with Gasteiger partial charge in [-0.25, -0.2) is 4.98 Å². The Morgan fingerprint density at radius 2 is 1.92 bits per heavy atom. The van der Waals surface area contributed by atoms with E-state index in [0.717, 1.165) is 35.5 Å². The molecule has 2 aromatic heterocycles. The second-order valence-corrected chi connectivity index (χ2v) is 10.6. The molecule has 3 aromatic rings. The van der Waals surface area contributed by atoms with Crippen LogP contribution in [0.3, 0.4) is 0 Å². The van der Waals surface area contributed by atoms with Gasteiger partial charge in [-0.1, -0.05) is 32.9 Å². The molecule has 190 valence electrons. The first kappa shape index (κ1) is 24.4. The van der Waals surface area contributed by atoms with E-state index in [4.69, 9.17) is 0 Å². The van der Waals surface area contributed by atoms with Crippen LogP contribution >= 0.6 is 0 Å². The van der Waals surface area contributed by atoms with Crippen LogP contribution in [0.1, 0.15) is 60.8 Å². The molecule has 0 radical (unpaired) electrons. The van der Waals surface area contributed by atoms with Gasteiger partial charge in [-0.2, -0.15) is 4.98 Å². The third-order valence-corrected chi connectivity index (χ3v) is 6.59. The zero-order valence-electron chi connectivity index (χ0n) is 21.3. The van der Waals surface area contributed by atoms with E-state index < -0.39 is 0 Å². The molecule has 1 aromatic carbocycles. The Morgan fingerprint density at radius 1 is 1.14 bits per heavy atom. The van der Waals surface area contributed by atoms with E-state index in [0.29, 0.717) is 30.3 Å². The van der Waals surface area contributed by atoms with E-state index in [1.807, 2.05) is 24.3 Å². The number of anilines is 4. The summed E-state index contributed by atoms with van der Waals surface area (Å²) in [5.74, 6) is 0.425. The number of hydrogen-bond donors (Lipinski definition) is 4. The molecule has 3 heterocycles. The van der Waals surface area contributed by atoms with Gasteiger partial charge in [0.05, 0.1) is 12.0 Å². The first-order chi connectivity index (χ1) is 17.7. The molecule has 2 amide bonds. The Kier molecular flexibility index (Phi) is 6.15. The number of carbonyl (C=O) groups is 2. The van der Waals surface area contributed by atoms with E-state index in [-0.39, 0.29) is 22.8 Å². The summed E-state index contributed by atoms with van der Waals surface area (Å²) in [7, 11) is 0. The minimum Gasteiger partial charge on any atom is -0.348 e. The molecule has 9 nitrogen and oxygen atoms in total. The standard InChI is InChI=1S/C28H31N7O2/c1-5-11-30-25(37)20-16-31-26(34-24(20)32-19-8-12-29-22(15-19)27(2,3)4)33-18-6-7-21-17(13-18)14-23(36)35-28(21)9-10-28/h5-8,12-13,15-16H,1,9-11,14H2,2-4H3,(H,30,37)(H,35,36)(H2,29,31,32,33,34). The summed E-state index contributed by atoms with van der Waals surface area (Å²) in [5.41, 5.74) is 4.62. The number of hydrogen-bond acceptors (Lipinski definition) is 7. The smallest absolute Gasteiger partial charge is 0.256 e. The quantitative estimate of drug-likeness (QED) is 0.361. The van der Waals surface area contributed by atoms with E-state index in [2.05, 4.69) is 69.6 Å². The predicted octanol–water partition coefficient (Wildman–Crippen LogP) is 4.23. The highest BCUT2D eigenvalue weighted by molar-refractivity contribution is 5.99. The molecule has 1 spiro atoms. The number of carbonyl (C=O) groups excluding carboxylic acids is 2. The van der Waals surface area contributed by atoms with Crippen molar-refractivity contribution >= 4 is 35.0 Å². The summed E-state index contributed by atoms with van der Waals surface area (Å²) in [5, 5.41) is 12.4. The Balaban J connectivity index is 1.45. The zero-order chi connectivity index (χ0) is 26.2. The van der Waals surface area contributed by atoms with Crippen LogP contribution in [0, 0.1) is 0 Å². The van der Waals surface area contributed by atoms with Gasteiger partial charge in [0, 0.05) is 41.4 Å². The molecule has 2 aliphatic rings. The van der Waals surface area contributed by atoms with Crippen molar-refractivity contribution in [1.29, 1.82) is 0 Å². The Hall–Kier alpha value is -4.27. The first-order valence-corrected chi connectivity index (χ1v) is 12.4. The van der Waals surface area contributed by atoms with Crippen molar-refractivity contribution in [3.8, 4) is 0 Å². The molecule has 9 heteroatoms. The van der Waals surface area contributed by atoms with Gasteiger partial charge in [-0.3, -0.25) is 14.6 Å². The van der Waals surface area contributed by atoms with Crippen molar-refractivity contribution in [3.63, 3.8) is 0 Å². The summed E-state index contributed by atoms with van der Waals surface area (Å²) in [6.07, 6.45) is 7.13. The topological polar surface area (TPSA) is 121 Å². The van der Waals surface area contributed by atoms with Crippen LogP contribution in [0.15, 0.2) is 55.4 Å². The fourth-order valence-corrected chi connectivity index (χ4v) is 4.50. The van der Waals surface area contributed by atoms with Crippen molar-refractivity contribution in [2.24, 2.45) is 0 Å². The molecule has 0 bridgehead atoms. The minimum atomic E-state index is -0.312. The van der Waals surface area contributed by atoms with Crippen LogP contribution in [0.2, 0.25) is 0 Å². The molecule has 0 saturated heterocycles. The highest BCUT2D eigenvalue weighted by Crippen LogP contribution is 2.49. The fourth-order valence-electron chi connectivity index (χ4n) is 4.50. The van der Waals surface area contributed by atoms with Crippen molar-refractivity contribution in [2.75, 3.05) is 17.2 Å². The third-order valence-electron chi connectivity index (χ3n) is 6.59. The monoisotopic (exact) mass is 497 g/mol. The summed E-state index contributed by atoms with van der Waals surface area (Å²) >= 11 is 0. The van der Waals surface area contributed by atoms with Gasteiger partial charge in [-0.05, 0) is 48.2 Å². The summed E-state index contributed by atoms with van der Waals surface area (Å²) in [6.45, 7) is 10.3. The van der Waals surface area contributed by atoms with Gasteiger partial charge in [0.1, 0.15) is 11.4 Å². The molecule has 1 saturated carbocycles. The molecule has 37 heavy (non-hydrogen) atoms. The van der Waals surface area contributed by atoms with Crippen molar-refractivity contribution < 1.29 is 9.59 Å². The van der Waals surface area contributed by atoms with Gasteiger partial charge in [0.15, 0.2) is 0 Å². The maximum absolute atomic E-state index is 12.8. The number of benzene rings is 1. The molecule has 5 rings (SSSR count). The number of fused-ring (bicyclic) bond motifs is 2. The highest BCUT2D eigenvalue weighted by atomic mass is 16.2. The second kappa shape index (κ2) is 9.31. The Labute approximate surface area is 216 Å². The molecule has 4 N–H and O–H groups in total. The molecule has 0 atom stereocenters. The summed E-state index contributed by atoms with van der Waals surface area (Å²) in [4.78, 5) is 38.5. The largest absolute Gasteiger partial charge is 0.348 e. The average molecular weight is 498 g/mol. The van der Waals surface area contributed by atoms with Crippen LogP contribution in [0.5, 0.6) is 0 Å². The number of pyridine rings is 1. The highest BCUT2D eigenvalue weighted by Gasteiger charge is 2.49. The number of rotatable bonds is 7. The van der Waals surface area contributed by atoms with Gasteiger partial charge >= 0.3 is 0 Å². The average Bonchev–Trinajstić information content (AvgIpc) is 3.61. The Bertz CT molecular complexity index is 1390.